The van der Waals surface area contributed by atoms with Gasteiger partial charge < -0.3 is 9.64 Å². The van der Waals surface area contributed by atoms with Gasteiger partial charge in [-0.15, -0.1) is 0 Å². The molecule has 0 aliphatic carbocycles. The molecule has 1 aromatic rings. The van der Waals surface area contributed by atoms with Crippen molar-refractivity contribution in [2.75, 3.05) is 25.1 Å². The van der Waals surface area contributed by atoms with Crippen LogP contribution in [0.4, 0.5) is 15.8 Å². The maximum atomic E-state index is 13.8. The lowest BCUT2D eigenvalue weighted by atomic mass is 9.93. The second kappa shape index (κ2) is 5.31. The number of nitro benzene ring substituents is 1. The fourth-order valence-corrected chi connectivity index (χ4v) is 2.54. The molecule has 1 aromatic carbocycles. The summed E-state index contributed by atoms with van der Waals surface area (Å²) in [6, 6.07) is 1.99. The summed E-state index contributed by atoms with van der Waals surface area (Å²) in [5, 5.41) is 11.1. The van der Waals surface area contributed by atoms with Gasteiger partial charge in [-0.05, 0) is 17.9 Å². The molecule has 1 heterocycles. The van der Waals surface area contributed by atoms with E-state index in [0.29, 0.717) is 13.1 Å². The first kappa shape index (κ1) is 15.2. The van der Waals surface area contributed by atoms with Crippen molar-refractivity contribution in [3.63, 3.8) is 0 Å². The second-order valence-electron chi connectivity index (χ2n) is 5.91. The van der Waals surface area contributed by atoms with Gasteiger partial charge in [-0.3, -0.25) is 10.1 Å². The summed E-state index contributed by atoms with van der Waals surface area (Å²) in [6.45, 7) is 5.35. The number of anilines is 1. The van der Waals surface area contributed by atoms with Crippen LogP contribution in [-0.4, -0.2) is 31.1 Å². The van der Waals surface area contributed by atoms with Crippen LogP contribution >= 0.6 is 0 Å². The third kappa shape index (κ3) is 2.96. The zero-order valence-electron chi connectivity index (χ0n) is 12.2. The van der Waals surface area contributed by atoms with Crippen molar-refractivity contribution >= 4 is 17.3 Å². The molecule has 1 aliphatic heterocycles. The minimum absolute atomic E-state index is 0.0215. The highest BCUT2D eigenvalue weighted by molar-refractivity contribution is 5.92. The Morgan fingerprint density at radius 1 is 1.48 bits per heavy atom. The molecule has 0 atom stereocenters. The van der Waals surface area contributed by atoms with Crippen LogP contribution in [0.15, 0.2) is 12.1 Å². The Morgan fingerprint density at radius 3 is 2.62 bits per heavy atom. The molecule has 0 radical (unpaired) electrons. The molecule has 0 spiro atoms. The third-order valence-corrected chi connectivity index (χ3v) is 3.68. The Morgan fingerprint density at radius 2 is 2.14 bits per heavy atom. The molecule has 0 N–H and O–H groups in total. The van der Waals surface area contributed by atoms with Gasteiger partial charge in [0.15, 0.2) is 0 Å². The van der Waals surface area contributed by atoms with E-state index in [-0.39, 0.29) is 22.4 Å². The number of halogens is 1. The van der Waals surface area contributed by atoms with Gasteiger partial charge in [0.25, 0.3) is 5.69 Å². The Bertz CT molecular complexity index is 601. The highest BCUT2D eigenvalue weighted by atomic mass is 19.1. The number of esters is 1. The molecule has 2 rings (SSSR count). The number of nitro groups is 1. The standard InChI is InChI=1S/C14H17FN2O4/c1-14(2)4-5-16(8-14)11-6-9(13(18)21-3)10(15)7-12(11)17(19)20/h6-7H,4-5,8H2,1-3H3. The van der Waals surface area contributed by atoms with Gasteiger partial charge in [0.1, 0.15) is 11.5 Å². The average Bonchev–Trinajstić information content (AvgIpc) is 2.77. The van der Waals surface area contributed by atoms with Crippen LogP contribution in [0.2, 0.25) is 0 Å². The van der Waals surface area contributed by atoms with Crippen molar-refractivity contribution in [2.45, 2.75) is 20.3 Å². The van der Waals surface area contributed by atoms with Crippen LogP contribution in [0.3, 0.4) is 0 Å². The van der Waals surface area contributed by atoms with E-state index in [0.717, 1.165) is 19.6 Å². The molecule has 21 heavy (non-hydrogen) atoms. The van der Waals surface area contributed by atoms with E-state index in [1.165, 1.54) is 6.07 Å². The van der Waals surface area contributed by atoms with Gasteiger partial charge in [0, 0.05) is 13.1 Å². The molecule has 0 aromatic heterocycles. The Kier molecular flexibility index (Phi) is 3.85. The highest BCUT2D eigenvalue weighted by Crippen LogP contribution is 2.38. The van der Waals surface area contributed by atoms with E-state index in [9.17, 15) is 19.3 Å². The molecule has 114 valence electrons. The van der Waals surface area contributed by atoms with Gasteiger partial charge in [0.05, 0.1) is 23.7 Å². The topological polar surface area (TPSA) is 72.7 Å². The van der Waals surface area contributed by atoms with Crippen LogP contribution in [0.25, 0.3) is 0 Å². The smallest absolute Gasteiger partial charge is 0.340 e. The first-order valence-corrected chi connectivity index (χ1v) is 6.56. The van der Waals surface area contributed by atoms with Crippen molar-refractivity contribution in [2.24, 2.45) is 5.41 Å². The van der Waals surface area contributed by atoms with E-state index >= 15 is 0 Å². The summed E-state index contributed by atoms with van der Waals surface area (Å²) in [4.78, 5) is 23.9. The molecule has 0 bridgehead atoms. The monoisotopic (exact) mass is 296 g/mol. The molecule has 0 unspecified atom stereocenters. The number of nitrogens with zero attached hydrogens (tertiary/aromatic N) is 2. The number of methoxy groups -OCH3 is 1. The molecule has 6 nitrogen and oxygen atoms in total. The minimum atomic E-state index is -0.948. The number of hydrogen-bond acceptors (Lipinski definition) is 5. The summed E-state index contributed by atoms with van der Waals surface area (Å²) >= 11 is 0. The molecule has 1 saturated heterocycles. The summed E-state index contributed by atoms with van der Waals surface area (Å²) in [5.41, 5.74) is -0.346. The van der Waals surface area contributed by atoms with E-state index in [1.54, 1.807) is 0 Å². The van der Waals surface area contributed by atoms with Crippen LogP contribution in [0, 0.1) is 21.3 Å². The first-order valence-electron chi connectivity index (χ1n) is 6.56. The number of rotatable bonds is 3. The fraction of sp³-hybridized carbons (Fsp3) is 0.500. The summed E-state index contributed by atoms with van der Waals surface area (Å²) < 4.78 is 18.4. The van der Waals surface area contributed by atoms with Crippen LogP contribution in [0.1, 0.15) is 30.6 Å². The largest absolute Gasteiger partial charge is 0.465 e. The van der Waals surface area contributed by atoms with Crippen LogP contribution in [-0.2, 0) is 4.74 Å². The van der Waals surface area contributed by atoms with E-state index < -0.39 is 16.7 Å². The maximum Gasteiger partial charge on any atom is 0.340 e. The van der Waals surface area contributed by atoms with Gasteiger partial charge in [-0.25, -0.2) is 9.18 Å². The SMILES string of the molecule is COC(=O)c1cc(N2CCC(C)(C)C2)c([N+](=O)[O-])cc1F. The summed E-state index contributed by atoms with van der Waals surface area (Å²) in [6.07, 6.45) is 0.870. The molecular formula is C14H17FN2O4. The Hall–Kier alpha value is -2.18. The molecule has 0 amide bonds. The van der Waals surface area contributed by atoms with Crippen LogP contribution in [0.5, 0.6) is 0 Å². The predicted octanol–water partition coefficient (Wildman–Crippen LogP) is 2.76. The number of hydrogen-bond donors (Lipinski definition) is 0. The quantitative estimate of drug-likeness (QED) is 0.487. The lowest BCUT2D eigenvalue weighted by Gasteiger charge is -2.22. The van der Waals surface area contributed by atoms with Crippen molar-refractivity contribution in [1.82, 2.24) is 0 Å². The van der Waals surface area contributed by atoms with Crippen molar-refractivity contribution in [1.29, 1.82) is 0 Å². The third-order valence-electron chi connectivity index (χ3n) is 3.68. The van der Waals surface area contributed by atoms with Crippen molar-refractivity contribution in [3.8, 4) is 0 Å². The average molecular weight is 296 g/mol. The zero-order valence-corrected chi connectivity index (χ0v) is 12.2. The highest BCUT2D eigenvalue weighted by Gasteiger charge is 2.34. The Balaban J connectivity index is 2.51. The van der Waals surface area contributed by atoms with E-state index in [4.69, 9.17) is 0 Å². The Labute approximate surface area is 121 Å². The molecular weight excluding hydrogens is 279 g/mol. The van der Waals surface area contributed by atoms with Gasteiger partial charge in [-0.1, -0.05) is 13.8 Å². The minimum Gasteiger partial charge on any atom is -0.465 e. The van der Waals surface area contributed by atoms with Crippen LogP contribution < -0.4 is 4.90 Å². The van der Waals surface area contributed by atoms with Crippen molar-refractivity contribution in [3.05, 3.63) is 33.6 Å². The molecule has 1 aliphatic rings. The lowest BCUT2D eigenvalue weighted by molar-refractivity contribution is -0.384. The fourth-order valence-electron chi connectivity index (χ4n) is 2.54. The number of carbonyl (C=O) groups is 1. The second-order valence-corrected chi connectivity index (χ2v) is 5.91. The van der Waals surface area contributed by atoms with Gasteiger partial charge in [-0.2, -0.15) is 0 Å². The van der Waals surface area contributed by atoms with Gasteiger partial charge in [0.2, 0.25) is 0 Å². The van der Waals surface area contributed by atoms with E-state index in [1.807, 2.05) is 4.90 Å². The molecule has 7 heteroatoms. The van der Waals surface area contributed by atoms with E-state index in [2.05, 4.69) is 18.6 Å². The van der Waals surface area contributed by atoms with Gasteiger partial charge >= 0.3 is 5.97 Å². The summed E-state index contributed by atoms with van der Waals surface area (Å²) in [7, 11) is 1.14. The number of benzene rings is 1. The maximum absolute atomic E-state index is 13.8. The number of ether oxygens (including phenoxy) is 1. The van der Waals surface area contributed by atoms with Crippen molar-refractivity contribution < 1.29 is 18.8 Å². The first-order chi connectivity index (χ1) is 9.75. The lowest BCUT2D eigenvalue weighted by Crippen LogP contribution is -2.24. The summed E-state index contributed by atoms with van der Waals surface area (Å²) in [5.74, 6) is -1.79. The molecule has 1 fully saturated rings. The number of carbonyl (C=O) groups excluding carboxylic acids is 1. The predicted molar refractivity (Wildman–Crippen MR) is 75.0 cm³/mol. The zero-order chi connectivity index (χ0) is 15.8. The molecule has 0 saturated carbocycles. The normalized spacial score (nSPS) is 16.9.